The monoisotopic (exact) mass is 297 g/mol. The van der Waals surface area contributed by atoms with Gasteiger partial charge in [-0.15, -0.1) is 0 Å². The fourth-order valence-electron chi connectivity index (χ4n) is 1.75. The van der Waals surface area contributed by atoms with Gasteiger partial charge in [-0.2, -0.15) is 11.3 Å². The van der Waals surface area contributed by atoms with Crippen LogP contribution in [-0.4, -0.2) is 19.4 Å². The highest BCUT2D eigenvalue weighted by atomic mass is 32.2. The number of hydrogen-bond donors (Lipinski definition) is 3. The van der Waals surface area contributed by atoms with E-state index >= 15 is 0 Å². The van der Waals surface area contributed by atoms with Crippen LogP contribution in [0, 0.1) is 0 Å². The molecular formula is C12H15N3O2S2. The number of sulfonamides is 1. The van der Waals surface area contributed by atoms with Crippen molar-refractivity contribution in [3.8, 4) is 0 Å². The molecule has 2 heterocycles. The normalized spacial score (nSPS) is 15.6. The maximum Gasteiger partial charge on any atom is 0.263 e. The molecular weight excluding hydrogens is 282 g/mol. The molecule has 0 bridgehead atoms. The van der Waals surface area contributed by atoms with Crippen LogP contribution in [0.1, 0.15) is 18.5 Å². The maximum absolute atomic E-state index is 12.1. The number of aromatic nitrogens is 1. The smallest absolute Gasteiger partial charge is 0.263 e. The first-order chi connectivity index (χ1) is 9.13. The van der Waals surface area contributed by atoms with Gasteiger partial charge in [-0.1, -0.05) is 0 Å². The van der Waals surface area contributed by atoms with Gasteiger partial charge in [0.2, 0.25) is 0 Å². The predicted molar refractivity (Wildman–Crippen MR) is 75.8 cm³/mol. The first-order valence-electron chi connectivity index (χ1n) is 6.09. The lowest BCUT2D eigenvalue weighted by Crippen LogP contribution is -2.15. The molecule has 2 aromatic rings. The first-order valence-corrected chi connectivity index (χ1v) is 8.52. The summed E-state index contributed by atoms with van der Waals surface area (Å²) in [5, 5.41) is 6.94. The molecule has 1 saturated carbocycles. The number of H-pyrrole nitrogens is 1. The predicted octanol–water partition coefficient (Wildman–Crippen LogP) is 2.13. The minimum Gasteiger partial charge on any atom is -0.363 e. The van der Waals surface area contributed by atoms with Crippen molar-refractivity contribution in [2.45, 2.75) is 30.3 Å². The molecule has 0 radical (unpaired) electrons. The van der Waals surface area contributed by atoms with Crippen molar-refractivity contribution in [1.82, 2.24) is 10.3 Å². The molecule has 1 aliphatic rings. The Morgan fingerprint density at radius 2 is 2.26 bits per heavy atom. The van der Waals surface area contributed by atoms with Gasteiger partial charge < -0.3 is 10.3 Å². The average molecular weight is 297 g/mol. The fraction of sp³-hybridized carbons (Fsp3) is 0.333. The van der Waals surface area contributed by atoms with E-state index in [0.717, 1.165) is 5.69 Å². The van der Waals surface area contributed by atoms with Crippen LogP contribution in [0.2, 0.25) is 0 Å². The summed E-state index contributed by atoms with van der Waals surface area (Å²) < 4.78 is 26.8. The Hall–Kier alpha value is -1.31. The van der Waals surface area contributed by atoms with Gasteiger partial charge >= 0.3 is 0 Å². The number of thiophene rings is 1. The minimum atomic E-state index is -3.49. The highest BCUT2D eigenvalue weighted by Crippen LogP contribution is 2.21. The van der Waals surface area contributed by atoms with Crippen LogP contribution in [0.25, 0.3) is 0 Å². The lowest BCUT2D eigenvalue weighted by molar-refractivity contribution is 0.601. The van der Waals surface area contributed by atoms with Crippen LogP contribution < -0.4 is 10.0 Å². The third kappa shape index (κ3) is 3.17. The molecule has 0 saturated heterocycles. The van der Waals surface area contributed by atoms with Crippen LogP contribution in [0.4, 0.5) is 5.69 Å². The summed E-state index contributed by atoms with van der Waals surface area (Å²) in [6.07, 6.45) is 3.95. The Morgan fingerprint density at radius 3 is 2.95 bits per heavy atom. The maximum atomic E-state index is 12.1. The summed E-state index contributed by atoms with van der Waals surface area (Å²) in [6, 6.07) is 4.02. The number of rotatable bonds is 6. The lowest BCUT2D eigenvalue weighted by Gasteiger charge is -2.03. The summed E-state index contributed by atoms with van der Waals surface area (Å²) >= 11 is 1.45. The Bertz CT molecular complexity index is 642. The van der Waals surface area contributed by atoms with Crippen LogP contribution in [0.15, 0.2) is 34.0 Å². The zero-order valence-corrected chi connectivity index (χ0v) is 11.9. The Morgan fingerprint density at radius 1 is 1.42 bits per heavy atom. The lowest BCUT2D eigenvalue weighted by atomic mass is 10.4. The van der Waals surface area contributed by atoms with Gasteiger partial charge in [0.05, 0.1) is 5.69 Å². The van der Waals surface area contributed by atoms with Gasteiger partial charge in [0.15, 0.2) is 0 Å². The van der Waals surface area contributed by atoms with Gasteiger partial charge in [0.1, 0.15) is 4.90 Å². The van der Waals surface area contributed by atoms with Gasteiger partial charge in [-0.25, -0.2) is 8.42 Å². The number of aromatic amines is 1. The van der Waals surface area contributed by atoms with Gasteiger partial charge in [0.25, 0.3) is 10.0 Å². The third-order valence-corrected chi connectivity index (χ3v) is 5.00. The topological polar surface area (TPSA) is 74.0 Å². The van der Waals surface area contributed by atoms with E-state index in [1.165, 1.54) is 30.4 Å². The van der Waals surface area contributed by atoms with E-state index in [9.17, 15) is 8.42 Å². The molecule has 0 unspecified atom stereocenters. The van der Waals surface area contributed by atoms with E-state index in [1.807, 2.05) is 5.38 Å². The SMILES string of the molecule is O=S(=O)(Nc1ccsc1)c1c[nH]c(CNC2CC2)c1. The quantitative estimate of drug-likeness (QED) is 0.764. The zero-order valence-electron chi connectivity index (χ0n) is 10.2. The largest absolute Gasteiger partial charge is 0.363 e. The number of nitrogens with one attached hydrogen (secondary N) is 3. The molecule has 1 aliphatic carbocycles. The van der Waals surface area contributed by atoms with Crippen molar-refractivity contribution in [2.75, 3.05) is 4.72 Å². The Balaban J connectivity index is 1.69. The molecule has 0 atom stereocenters. The zero-order chi connectivity index (χ0) is 13.3. The highest BCUT2D eigenvalue weighted by molar-refractivity contribution is 7.92. The van der Waals surface area contributed by atoms with Crippen molar-refractivity contribution in [1.29, 1.82) is 0 Å². The molecule has 7 heteroatoms. The van der Waals surface area contributed by atoms with E-state index in [1.54, 1.807) is 17.5 Å². The van der Waals surface area contributed by atoms with Gasteiger partial charge in [-0.05, 0) is 30.4 Å². The third-order valence-electron chi connectivity index (χ3n) is 2.96. The van der Waals surface area contributed by atoms with Gasteiger partial charge in [0, 0.05) is 29.9 Å². The fourth-order valence-corrected chi connectivity index (χ4v) is 3.48. The molecule has 0 spiro atoms. The molecule has 3 rings (SSSR count). The molecule has 0 amide bonds. The highest BCUT2D eigenvalue weighted by Gasteiger charge is 2.21. The number of hydrogen-bond acceptors (Lipinski definition) is 4. The first kappa shape index (κ1) is 12.7. The molecule has 19 heavy (non-hydrogen) atoms. The molecule has 3 N–H and O–H groups in total. The Kier molecular flexibility index (Phi) is 3.34. The second-order valence-corrected chi connectivity index (χ2v) is 7.10. The summed E-state index contributed by atoms with van der Waals surface area (Å²) in [5.74, 6) is 0. The van der Waals surface area contributed by atoms with E-state index in [-0.39, 0.29) is 4.90 Å². The van der Waals surface area contributed by atoms with E-state index in [0.29, 0.717) is 18.3 Å². The molecule has 2 aromatic heterocycles. The van der Waals surface area contributed by atoms with Crippen molar-refractivity contribution < 1.29 is 8.42 Å². The average Bonchev–Trinajstić information content (AvgIpc) is 2.87. The van der Waals surface area contributed by atoms with Crippen molar-refractivity contribution in [3.63, 3.8) is 0 Å². The van der Waals surface area contributed by atoms with E-state index < -0.39 is 10.0 Å². The number of anilines is 1. The standard InChI is InChI=1S/C12H15N3O2S2/c16-19(17,15-10-3-4-18-8-10)12-5-11(14-7-12)6-13-9-1-2-9/h3-5,7-9,13-15H,1-2,6H2. The molecule has 5 nitrogen and oxygen atoms in total. The summed E-state index contributed by atoms with van der Waals surface area (Å²) in [5.41, 5.74) is 1.49. The summed E-state index contributed by atoms with van der Waals surface area (Å²) in [6.45, 7) is 0.679. The molecule has 0 aromatic carbocycles. The van der Waals surface area contributed by atoms with Crippen LogP contribution in [0.5, 0.6) is 0 Å². The minimum absolute atomic E-state index is 0.270. The van der Waals surface area contributed by atoms with Crippen LogP contribution >= 0.6 is 11.3 Å². The van der Waals surface area contributed by atoms with Crippen LogP contribution in [0.3, 0.4) is 0 Å². The summed E-state index contributed by atoms with van der Waals surface area (Å²) in [4.78, 5) is 3.27. The van der Waals surface area contributed by atoms with Crippen LogP contribution in [-0.2, 0) is 16.6 Å². The Labute approximate surface area is 116 Å². The van der Waals surface area contributed by atoms with Crippen molar-refractivity contribution >= 4 is 27.0 Å². The van der Waals surface area contributed by atoms with E-state index in [2.05, 4.69) is 15.0 Å². The molecule has 0 aliphatic heterocycles. The second kappa shape index (κ2) is 4.99. The second-order valence-electron chi connectivity index (χ2n) is 4.63. The van der Waals surface area contributed by atoms with Crippen molar-refractivity contribution in [2.24, 2.45) is 0 Å². The molecule has 1 fully saturated rings. The van der Waals surface area contributed by atoms with E-state index in [4.69, 9.17) is 0 Å². The molecule has 102 valence electrons. The van der Waals surface area contributed by atoms with Crippen molar-refractivity contribution in [3.05, 3.63) is 34.8 Å². The summed E-state index contributed by atoms with van der Waals surface area (Å²) in [7, 11) is -3.49. The van der Waals surface area contributed by atoms with Gasteiger partial charge in [-0.3, -0.25) is 4.72 Å².